The van der Waals surface area contributed by atoms with E-state index in [0.717, 1.165) is 13.0 Å². The molecule has 0 aliphatic carbocycles. The van der Waals surface area contributed by atoms with Gasteiger partial charge in [0.15, 0.2) is 0 Å². The Hall–Kier alpha value is 0.443. The summed E-state index contributed by atoms with van der Waals surface area (Å²) in [5.41, 5.74) is 0. The minimum Gasteiger partial charge on any atom is -0.347 e. The number of hydrogen-bond acceptors (Lipinski definition) is 1. The number of nitrogens with one attached hydrogen (secondary N) is 1. The number of amides is 1. The number of rotatable bonds is 4. The first-order valence-corrected chi connectivity index (χ1v) is 3.69. The predicted molar refractivity (Wildman–Crippen MR) is 41.9 cm³/mol. The summed E-state index contributed by atoms with van der Waals surface area (Å²) in [6.07, 6.45) is 3.42. The second kappa shape index (κ2) is 9.44. The molecule has 0 aromatic heterocycles. The maximum atomic E-state index is 10.2. The zero-order valence-electron chi connectivity index (χ0n) is 6.39. The quantitative estimate of drug-likeness (QED) is 0.416. The fraction of sp³-hybridized carbons (Fsp3) is 0.833. The molecule has 0 bridgehead atoms. The van der Waals surface area contributed by atoms with Crippen molar-refractivity contribution in [1.29, 1.82) is 0 Å². The molecule has 0 aliphatic heterocycles. The van der Waals surface area contributed by atoms with Gasteiger partial charge in [0.1, 0.15) is 0 Å². The molecule has 0 aromatic rings. The number of carbonyl (C=O) groups excluding carboxylic acids is 1. The third-order valence-corrected chi connectivity index (χ3v) is 1.21. The van der Waals surface area contributed by atoms with Crippen LogP contribution in [0.25, 0.3) is 0 Å². The van der Waals surface area contributed by atoms with Gasteiger partial charge in [-0.05, 0) is 6.42 Å². The van der Waals surface area contributed by atoms with Crippen LogP contribution in [0.4, 0.5) is 4.79 Å². The normalized spacial score (nSPS) is 8.20. The van der Waals surface area contributed by atoms with Crippen LogP contribution in [0.5, 0.6) is 0 Å². The van der Waals surface area contributed by atoms with Gasteiger partial charge in [-0.15, -0.1) is 0 Å². The molecule has 0 unspecified atom stereocenters. The van der Waals surface area contributed by atoms with Crippen LogP contribution in [-0.4, -0.2) is 11.8 Å². The topological polar surface area (TPSA) is 29.1 Å². The van der Waals surface area contributed by atoms with Gasteiger partial charge in [-0.25, -0.2) is 0 Å². The van der Waals surface area contributed by atoms with Gasteiger partial charge >= 0.3 is 0 Å². The van der Waals surface area contributed by atoms with Crippen molar-refractivity contribution in [1.82, 2.24) is 5.32 Å². The van der Waals surface area contributed by atoms with Gasteiger partial charge in [0, 0.05) is 26.0 Å². The summed E-state index contributed by atoms with van der Waals surface area (Å²) in [6.45, 7) is 2.89. The summed E-state index contributed by atoms with van der Waals surface area (Å²) in [7, 11) is 0. The molecular weight excluding hydrogens is 200 g/mol. The molecule has 1 amide bonds. The molecule has 0 aromatic carbocycles. The molecule has 56 valence electrons. The molecule has 0 aliphatic rings. The first kappa shape index (κ1) is 13.1. The molecule has 0 saturated carbocycles. The maximum Gasteiger partial charge on any atom is 0.275 e. The molecule has 0 radical (unpaired) electrons. The van der Waals surface area contributed by atoms with E-state index in [1.807, 2.05) is 0 Å². The predicted octanol–water partition coefficient (Wildman–Crippen LogP) is 1.81. The van der Waals surface area contributed by atoms with E-state index < -0.39 is 0 Å². The van der Waals surface area contributed by atoms with Crippen LogP contribution < -0.4 is 5.32 Å². The fourth-order valence-corrected chi connectivity index (χ4v) is 0.682. The van der Waals surface area contributed by atoms with Gasteiger partial charge in [0.05, 0.1) is 0 Å². The third kappa shape index (κ3) is 11.3. The first-order valence-electron chi connectivity index (χ1n) is 3.24. The van der Waals surface area contributed by atoms with Crippen LogP contribution in [0.1, 0.15) is 26.2 Å². The van der Waals surface area contributed by atoms with Crippen molar-refractivity contribution in [3.8, 4) is 0 Å². The zero-order valence-corrected chi connectivity index (χ0v) is 10.3. The van der Waals surface area contributed by atoms with Crippen molar-refractivity contribution >= 4 is 17.9 Å². The van der Waals surface area contributed by atoms with Crippen LogP contribution in [0.3, 0.4) is 0 Å². The van der Waals surface area contributed by atoms with Gasteiger partial charge < -0.3 is 5.32 Å². The number of hydrogen-bond donors (Lipinski definition) is 2. The maximum absolute atomic E-state index is 10.2. The van der Waals surface area contributed by atoms with E-state index in [0.29, 0.717) is 0 Å². The molecule has 2 nitrogen and oxygen atoms in total. The van der Waals surface area contributed by atoms with Crippen molar-refractivity contribution in [2.45, 2.75) is 26.2 Å². The summed E-state index contributed by atoms with van der Waals surface area (Å²) in [4.78, 5) is 10.2. The SMILES string of the molecule is CCCCCNC(=O)S.[Zn]. The first-order chi connectivity index (χ1) is 4.27. The minimum absolute atomic E-state index is 0. The van der Waals surface area contributed by atoms with E-state index in [4.69, 9.17) is 0 Å². The fourth-order valence-electron chi connectivity index (χ4n) is 0.570. The van der Waals surface area contributed by atoms with Gasteiger partial charge in [-0.2, -0.15) is 0 Å². The van der Waals surface area contributed by atoms with Gasteiger partial charge in [-0.3, -0.25) is 4.79 Å². The van der Waals surface area contributed by atoms with Crippen molar-refractivity contribution in [2.75, 3.05) is 6.54 Å². The van der Waals surface area contributed by atoms with E-state index in [9.17, 15) is 4.79 Å². The second-order valence-electron chi connectivity index (χ2n) is 1.94. The third-order valence-electron chi connectivity index (χ3n) is 1.06. The standard InChI is InChI=1S/C6H13NOS.Zn/c1-2-3-4-5-7-6(8)9;/h2-5H2,1H3,(H2,7,8,9);. The summed E-state index contributed by atoms with van der Waals surface area (Å²) in [5.74, 6) is 0. The van der Waals surface area contributed by atoms with Crippen molar-refractivity contribution in [3.63, 3.8) is 0 Å². The number of unbranched alkanes of at least 4 members (excludes halogenated alkanes) is 2. The summed E-state index contributed by atoms with van der Waals surface area (Å²) < 4.78 is 0. The zero-order chi connectivity index (χ0) is 7.11. The molecule has 0 rings (SSSR count). The Labute approximate surface area is 80.3 Å². The minimum atomic E-state index is -0.230. The van der Waals surface area contributed by atoms with Gasteiger partial charge in [0.2, 0.25) is 0 Å². The average molecular weight is 213 g/mol. The Morgan fingerprint density at radius 3 is 2.50 bits per heavy atom. The molecule has 0 saturated heterocycles. The summed E-state index contributed by atoms with van der Waals surface area (Å²) >= 11 is 3.55. The van der Waals surface area contributed by atoms with E-state index in [1.54, 1.807) is 0 Å². The smallest absolute Gasteiger partial charge is 0.275 e. The Kier molecular flexibility index (Phi) is 12.3. The van der Waals surface area contributed by atoms with Crippen LogP contribution in [0.2, 0.25) is 0 Å². The van der Waals surface area contributed by atoms with Gasteiger partial charge in [-0.1, -0.05) is 32.4 Å². The Morgan fingerprint density at radius 1 is 1.50 bits per heavy atom. The largest absolute Gasteiger partial charge is 0.347 e. The van der Waals surface area contributed by atoms with E-state index >= 15 is 0 Å². The Morgan fingerprint density at radius 2 is 2.10 bits per heavy atom. The number of thiol groups is 1. The Balaban J connectivity index is 0. The van der Waals surface area contributed by atoms with Crippen LogP contribution in [-0.2, 0) is 19.5 Å². The number of carbonyl (C=O) groups is 1. The van der Waals surface area contributed by atoms with Crippen LogP contribution >= 0.6 is 12.6 Å². The summed E-state index contributed by atoms with van der Waals surface area (Å²) in [6, 6.07) is 0. The summed E-state index contributed by atoms with van der Waals surface area (Å²) in [5, 5.41) is 2.38. The van der Waals surface area contributed by atoms with E-state index in [-0.39, 0.29) is 24.7 Å². The molecular formula is C6H13NOSZn. The van der Waals surface area contributed by atoms with Crippen LogP contribution in [0, 0.1) is 0 Å². The van der Waals surface area contributed by atoms with Crippen molar-refractivity contribution < 1.29 is 24.3 Å². The van der Waals surface area contributed by atoms with Crippen molar-refractivity contribution in [3.05, 3.63) is 0 Å². The molecule has 0 atom stereocenters. The van der Waals surface area contributed by atoms with Crippen LogP contribution in [0.15, 0.2) is 0 Å². The monoisotopic (exact) mass is 211 g/mol. The van der Waals surface area contributed by atoms with Gasteiger partial charge in [0.25, 0.3) is 5.24 Å². The van der Waals surface area contributed by atoms with E-state index in [2.05, 4.69) is 24.9 Å². The molecule has 0 fully saturated rings. The average Bonchev–Trinajstić information content (AvgIpc) is 1.80. The molecule has 1 N–H and O–H groups in total. The van der Waals surface area contributed by atoms with E-state index in [1.165, 1.54) is 12.8 Å². The molecule has 0 heterocycles. The second-order valence-corrected chi connectivity index (χ2v) is 2.35. The molecule has 4 heteroatoms. The van der Waals surface area contributed by atoms with Crippen molar-refractivity contribution in [2.24, 2.45) is 0 Å². The molecule has 0 spiro atoms. The molecule has 10 heavy (non-hydrogen) atoms. The Bertz CT molecular complexity index is 89.8.